The Morgan fingerprint density at radius 1 is 0.464 bits per heavy atom. The highest BCUT2D eigenvalue weighted by atomic mass is 127. The number of aromatic carboxylic acids is 1. The molecule has 140 heavy (non-hydrogen) atoms. The number of nitrogens with one attached hydrogen (secondary N) is 5. The van der Waals surface area contributed by atoms with Crippen LogP contribution < -0.4 is 20.4 Å². The van der Waals surface area contributed by atoms with Crippen LogP contribution in [0.25, 0.3) is 60.6 Å². The number of nitrogens with two attached hydrogens (primary N) is 1. The van der Waals surface area contributed by atoms with Crippen LogP contribution in [0.2, 0.25) is 0 Å². The Hall–Kier alpha value is -10.1. The van der Waals surface area contributed by atoms with Crippen LogP contribution >= 0.6 is 72.5 Å². The molecule has 3 atom stereocenters. The molecular weight excluding hydrogens is 2020 g/mol. The van der Waals surface area contributed by atoms with E-state index in [0.29, 0.717) is 57.0 Å². The van der Waals surface area contributed by atoms with Crippen molar-refractivity contribution in [1.29, 1.82) is 0 Å². The SMILES string of the molecule is CN1CCN(c2ncc(C(=O)O)s2)CC1.COCC/C(=C\c1c[nH]c2ccccc12)[N+](=O)[O-].COCCC(CC(=O)c1cnc(N2CCN(C)CC2)s1)Cc1c[nH]c2ccccc12.COCCC(CC(=O)c1cnc(N2CCN(C)CC2)s1)Cc1c[nH]c2ccccc12.COCCC(N)Cc1c[nH]c2ccccc12.COCCCBr.COCCCI.COCCC[N+](=O)[O-].O=Cc1c[nH]c2ccccc12. The van der Waals surface area contributed by atoms with Gasteiger partial charge in [-0.3, -0.25) is 34.6 Å². The number of hydrogen-bond acceptors (Lipinski definition) is 28. The standard InChI is InChI=1S/2C23H30N4O2S.C13H14N2O3.C13H18N2O.C9H13N3O2S.C9H7NO.C4H9BrO.C4H9IO.C4H9NO3/c2*1-26-8-10-27(11-9-26)23-25-16-22(30-23)21(28)14-17(7-12-29-2)13-18-15-24-20-6-4-3-5-19(18)20;1-18-7-6-11(15(16)17)8-10-9-14-13-5-3-2-4-12(10)13;1-16-7-6-11(14)8-10-9-15-13-5-3-2-4-12(10)13;1-11-2-4-12(5-3-11)9-10-6-7(15-9)8(13)14;11-6-7-5-10-9-4-2-1-3-8(7)9;2*1-6-4-2-3-5;1-8-4-2-3-5(6)7/h2*3-6,15-17,24H,7-14H2,1-2H3;2-5,8-9,14H,6-7H2,1H3;2-5,9,11,15H,6-8,14H2,1H3;6H,2-5H2,1H3,(H,13,14);1-6,10H;2*2-4H2,1H3;2-4H2,1H3/b;;11-8+;;;;;;. The number of thiazole rings is 3. The normalized spacial score (nSPS) is 14.0. The van der Waals surface area contributed by atoms with Crippen LogP contribution in [0, 0.1) is 32.1 Å². The van der Waals surface area contributed by atoms with Crippen LogP contribution in [0.3, 0.4) is 0 Å². The molecule has 0 radical (unpaired) electrons. The highest BCUT2D eigenvalue weighted by molar-refractivity contribution is 14.1. The summed E-state index contributed by atoms with van der Waals surface area (Å²) in [6.45, 7) is 16.5. The molecule has 38 heteroatoms. The maximum absolute atomic E-state index is 13.1. The van der Waals surface area contributed by atoms with E-state index < -0.39 is 5.97 Å². The number of benzene rings is 5. The third-order valence-electron chi connectivity index (χ3n) is 23.3. The van der Waals surface area contributed by atoms with E-state index in [2.05, 4.69) is 207 Å². The largest absolute Gasteiger partial charge is 0.477 e. The van der Waals surface area contributed by atoms with E-state index >= 15 is 0 Å². The van der Waals surface area contributed by atoms with E-state index in [1.54, 1.807) is 66.4 Å². The first-order valence-electron chi connectivity index (χ1n) is 47.0. The maximum atomic E-state index is 13.1. The van der Waals surface area contributed by atoms with Crippen molar-refractivity contribution < 1.29 is 67.3 Å². The first-order valence-corrected chi connectivity index (χ1v) is 52.1. The van der Waals surface area contributed by atoms with Gasteiger partial charge in [0.1, 0.15) is 4.88 Å². The summed E-state index contributed by atoms with van der Waals surface area (Å²) in [5.41, 5.74) is 17.0. The molecule has 33 nitrogen and oxygen atoms in total. The Bertz CT molecular complexity index is 5600. The van der Waals surface area contributed by atoms with Gasteiger partial charge in [-0.15, -0.1) is 0 Å². The molecule has 11 heterocycles. The number of Topliss-reactive ketones (excluding diaryl/α,β-unsaturated/α-hetero) is 2. The Morgan fingerprint density at radius 3 is 1.15 bits per heavy atom. The molecule has 3 aliphatic heterocycles. The highest BCUT2D eigenvalue weighted by Gasteiger charge is 2.27. The van der Waals surface area contributed by atoms with Gasteiger partial charge in [0, 0.05) is 304 Å². The van der Waals surface area contributed by atoms with Crippen LogP contribution in [0.5, 0.6) is 0 Å². The number of carboxylic acid groups (broad SMARTS) is 1. The monoisotopic (exact) mass is 2160 g/mol. The lowest BCUT2D eigenvalue weighted by Crippen LogP contribution is -2.44. The number of aromatic nitrogens is 8. The summed E-state index contributed by atoms with van der Waals surface area (Å²) in [6.07, 6.45) is 26.5. The number of para-hydroxylation sites is 5. The number of nitrogens with zero attached hydrogens (tertiary/aromatic N) is 11. The predicted octanol–water partition coefficient (Wildman–Crippen LogP) is 18.3. The predicted molar refractivity (Wildman–Crippen MR) is 578 cm³/mol. The van der Waals surface area contributed by atoms with Crippen LogP contribution in [0.4, 0.5) is 15.4 Å². The van der Waals surface area contributed by atoms with Gasteiger partial charge in [-0.05, 0) is 131 Å². The van der Waals surface area contributed by atoms with Crippen LogP contribution in [0.15, 0.2) is 177 Å². The Morgan fingerprint density at radius 2 is 0.800 bits per heavy atom. The van der Waals surface area contributed by atoms with E-state index in [-0.39, 0.29) is 51.5 Å². The number of alkyl halides is 2. The lowest BCUT2D eigenvalue weighted by Gasteiger charge is -2.32. The number of methoxy groups -OCH3 is 7. The number of ether oxygens (including phenoxy) is 7. The minimum atomic E-state index is -0.895. The fourth-order valence-electron chi connectivity index (χ4n) is 15.4. The quantitative estimate of drug-likeness (QED) is 0.00356. The molecule has 3 unspecified atom stereocenters. The Balaban J connectivity index is 0.000000203. The van der Waals surface area contributed by atoms with E-state index in [0.717, 1.165) is 224 Å². The van der Waals surface area contributed by atoms with Gasteiger partial charge in [0.25, 0.3) is 0 Å². The van der Waals surface area contributed by atoms with Crippen LogP contribution in [0.1, 0.15) is 119 Å². The molecule has 3 aliphatic rings. The molecule has 0 aliphatic carbocycles. The molecule has 5 aromatic carbocycles. The van der Waals surface area contributed by atoms with Crippen molar-refractivity contribution in [3.05, 3.63) is 239 Å². The van der Waals surface area contributed by atoms with Gasteiger partial charge in [-0.2, -0.15) is 0 Å². The van der Waals surface area contributed by atoms with Crippen molar-refractivity contribution in [1.82, 2.24) is 54.6 Å². The van der Waals surface area contributed by atoms with Crippen molar-refractivity contribution in [2.75, 3.05) is 227 Å². The number of carbonyl (C=O) groups is 4. The molecule has 3 saturated heterocycles. The smallest absolute Gasteiger partial charge is 0.347 e. The Kier molecular flexibility index (Phi) is 53.6. The minimum Gasteiger partial charge on any atom is -0.477 e. The molecular formula is C102H139BrIN17O16S3. The lowest BCUT2D eigenvalue weighted by atomic mass is 9.91. The maximum Gasteiger partial charge on any atom is 0.347 e. The van der Waals surface area contributed by atoms with Gasteiger partial charge < -0.3 is 98.3 Å². The highest BCUT2D eigenvalue weighted by Crippen LogP contribution is 2.33. The molecule has 8 N–H and O–H groups in total. The second-order valence-electron chi connectivity index (χ2n) is 33.8. The third-order valence-corrected chi connectivity index (χ3v) is 27.9. The molecule has 16 rings (SSSR count). The van der Waals surface area contributed by atoms with Crippen molar-refractivity contribution in [3.63, 3.8) is 0 Å². The number of hydrogen-bond donors (Lipinski definition) is 7. The molecule has 760 valence electrons. The van der Waals surface area contributed by atoms with Gasteiger partial charge in [-0.1, -0.05) is 164 Å². The lowest BCUT2D eigenvalue weighted by molar-refractivity contribution is -0.480. The van der Waals surface area contributed by atoms with E-state index in [4.69, 9.17) is 39.3 Å². The number of H-pyrrole nitrogens is 5. The number of fused-ring (bicyclic) bond motifs is 5. The summed E-state index contributed by atoms with van der Waals surface area (Å²) in [7, 11) is 18.0. The molecule has 0 saturated carbocycles. The van der Waals surface area contributed by atoms with Crippen LogP contribution in [-0.2, 0) is 52.4 Å². The zero-order chi connectivity index (χ0) is 101. The van der Waals surface area contributed by atoms with Crippen LogP contribution in [-0.4, -0.2) is 311 Å². The number of carbonyl (C=O) groups excluding carboxylic acids is 3. The van der Waals surface area contributed by atoms with E-state index in [1.807, 2.05) is 66.7 Å². The molecule has 0 amide bonds. The number of halogens is 2. The number of ketones is 2. The van der Waals surface area contributed by atoms with Gasteiger partial charge in [0.2, 0.25) is 12.2 Å². The van der Waals surface area contributed by atoms with Gasteiger partial charge in [0.05, 0.1) is 52.9 Å². The molecule has 8 aromatic heterocycles. The van der Waals surface area contributed by atoms with Crippen molar-refractivity contribution in [3.8, 4) is 0 Å². The summed E-state index contributed by atoms with van der Waals surface area (Å²) in [6, 6.07) is 40.6. The van der Waals surface area contributed by atoms with Gasteiger partial charge >= 0.3 is 5.97 Å². The number of rotatable bonds is 41. The van der Waals surface area contributed by atoms with Gasteiger partial charge in [0.15, 0.2) is 33.2 Å². The summed E-state index contributed by atoms with van der Waals surface area (Å²) >= 11 is 9.92. The van der Waals surface area contributed by atoms with E-state index in [1.165, 1.54) is 104 Å². The second-order valence-corrected chi connectivity index (χ2v) is 38.7. The van der Waals surface area contributed by atoms with Crippen molar-refractivity contribution in [2.45, 2.75) is 83.1 Å². The average molecular weight is 2160 g/mol. The number of anilines is 3. The second kappa shape index (κ2) is 65.1. The van der Waals surface area contributed by atoms with E-state index in [9.17, 15) is 39.4 Å². The first-order chi connectivity index (χ1) is 68.0. The molecule has 13 aromatic rings. The summed E-state index contributed by atoms with van der Waals surface area (Å²) in [5, 5.41) is 38.9. The summed E-state index contributed by atoms with van der Waals surface area (Å²) in [5.74, 6) is -0.0350. The minimum absolute atomic E-state index is 0.00778. The molecule has 3 fully saturated rings. The number of nitro groups is 2. The number of likely N-dealkylation sites (N-methyl/N-ethyl adjacent to an activating group) is 3. The fourth-order valence-corrected chi connectivity index (χ4v) is 18.5. The molecule has 0 bridgehead atoms. The zero-order valence-electron chi connectivity index (χ0n) is 82.1. The topological polar surface area (TPSA) is 402 Å². The Labute approximate surface area is 854 Å². The zero-order valence-corrected chi connectivity index (χ0v) is 88.3. The van der Waals surface area contributed by atoms with Crippen molar-refractivity contribution >= 4 is 172 Å². The molecule has 0 spiro atoms. The average Bonchev–Trinajstić information content (AvgIpc) is 1.67. The summed E-state index contributed by atoms with van der Waals surface area (Å²) in [4.78, 5) is 112. The number of aromatic amines is 5. The number of carboxylic acids is 1. The number of piperazine rings is 3. The summed E-state index contributed by atoms with van der Waals surface area (Å²) < 4.78 is 35.9. The van der Waals surface area contributed by atoms with Crippen molar-refractivity contribution in [2.24, 2.45) is 17.6 Å². The first kappa shape index (κ1) is 115. The number of aldehydes is 1. The fraction of sp³-hybridized carbons (Fsp3) is 0.461. The third kappa shape index (κ3) is 39.6. The van der Waals surface area contributed by atoms with Gasteiger partial charge in [-0.25, -0.2) is 19.7 Å².